The van der Waals surface area contributed by atoms with Crippen molar-refractivity contribution in [3.05, 3.63) is 86.0 Å². The molecule has 1 fully saturated rings. The Morgan fingerprint density at radius 1 is 0.949 bits per heavy atom. The fourth-order valence-corrected chi connectivity index (χ4v) is 5.82. The highest BCUT2D eigenvalue weighted by Gasteiger charge is 2.37. The number of halogens is 1. The molecule has 0 spiro atoms. The number of anilines is 1. The van der Waals surface area contributed by atoms with Gasteiger partial charge in [0.15, 0.2) is 11.5 Å². The van der Waals surface area contributed by atoms with Gasteiger partial charge in [-0.15, -0.1) is 0 Å². The van der Waals surface area contributed by atoms with Gasteiger partial charge in [0.2, 0.25) is 0 Å². The third-order valence-electron chi connectivity index (χ3n) is 5.84. The van der Waals surface area contributed by atoms with Crippen LogP contribution >= 0.6 is 22.6 Å². The Morgan fingerprint density at radius 3 is 2.26 bits per heavy atom. The third-order valence-corrected chi connectivity index (χ3v) is 7.88. The molecule has 0 bridgehead atoms. The molecule has 0 aliphatic carbocycles. The van der Waals surface area contributed by atoms with Crippen LogP contribution in [0.4, 0.5) is 10.5 Å². The van der Waals surface area contributed by atoms with E-state index in [0.717, 1.165) is 16.0 Å². The van der Waals surface area contributed by atoms with Gasteiger partial charge in [-0.3, -0.25) is 14.9 Å². The van der Waals surface area contributed by atoms with Gasteiger partial charge in [0, 0.05) is 0 Å². The van der Waals surface area contributed by atoms with Crippen LogP contribution in [0.25, 0.3) is 6.08 Å². The summed E-state index contributed by atoms with van der Waals surface area (Å²) in [6, 6.07) is 13.6. The lowest BCUT2D eigenvalue weighted by Gasteiger charge is -2.27. The molecule has 39 heavy (non-hydrogen) atoms. The van der Waals surface area contributed by atoms with E-state index < -0.39 is 28.0 Å². The number of imide groups is 2. The van der Waals surface area contributed by atoms with Crippen LogP contribution in [0.5, 0.6) is 11.5 Å². The van der Waals surface area contributed by atoms with Gasteiger partial charge in [0.1, 0.15) is 10.5 Å². The molecular formula is C28H25IN2O7S. The number of benzene rings is 3. The summed E-state index contributed by atoms with van der Waals surface area (Å²) in [4.78, 5) is 39.6. The first-order valence-corrected chi connectivity index (χ1v) is 14.4. The Hall–Kier alpha value is -3.71. The molecule has 0 saturated carbocycles. The Kier molecular flexibility index (Phi) is 8.12. The van der Waals surface area contributed by atoms with Crippen molar-refractivity contribution in [2.75, 3.05) is 11.5 Å². The molecule has 202 valence electrons. The molecule has 9 nitrogen and oxygen atoms in total. The predicted octanol–water partition coefficient (Wildman–Crippen LogP) is 5.05. The summed E-state index contributed by atoms with van der Waals surface area (Å²) < 4.78 is 37.4. The number of nitrogens with one attached hydrogen (secondary N) is 1. The monoisotopic (exact) mass is 660 g/mol. The summed E-state index contributed by atoms with van der Waals surface area (Å²) >= 11 is 1.90. The maximum Gasteiger partial charge on any atom is 0.339 e. The molecule has 1 saturated heterocycles. The van der Waals surface area contributed by atoms with Crippen molar-refractivity contribution in [3.8, 4) is 11.5 Å². The van der Waals surface area contributed by atoms with Crippen LogP contribution in [0, 0.1) is 24.3 Å². The summed E-state index contributed by atoms with van der Waals surface area (Å²) in [6.45, 7) is 7.42. The molecule has 11 heteroatoms. The number of nitrogens with zero attached hydrogens (tertiary/aromatic N) is 1. The highest BCUT2D eigenvalue weighted by atomic mass is 127. The molecule has 4 rings (SSSR count). The van der Waals surface area contributed by atoms with E-state index in [1.54, 1.807) is 44.2 Å². The predicted molar refractivity (Wildman–Crippen MR) is 154 cm³/mol. The molecule has 1 aliphatic rings. The average molecular weight is 660 g/mol. The van der Waals surface area contributed by atoms with Crippen molar-refractivity contribution in [2.24, 2.45) is 0 Å². The topological polar surface area (TPSA) is 119 Å². The number of hydrogen-bond donors (Lipinski definition) is 1. The SMILES string of the molecule is CCOc1cc(/C=C2\C(=O)NC(=O)N(c3ccc(C)cc3C)C2=O)cc(I)c1OS(=O)(=O)c1ccc(C)cc1. The number of ether oxygens (including phenoxy) is 1. The molecule has 0 unspecified atom stereocenters. The highest BCUT2D eigenvalue weighted by Crippen LogP contribution is 2.37. The Bertz CT molecular complexity index is 1630. The van der Waals surface area contributed by atoms with E-state index in [-0.39, 0.29) is 28.6 Å². The maximum absolute atomic E-state index is 13.4. The Labute approximate surface area is 240 Å². The fraction of sp³-hybridized carbons (Fsp3) is 0.179. The standard InChI is InChI=1S/C28H25IN2O7S/c1-5-37-24-15-19(14-22(29)25(24)38-39(35,36)20-9-6-16(2)7-10-20)13-21-26(32)30-28(34)31(27(21)33)23-11-8-17(3)12-18(23)4/h6-15H,5H2,1-4H3,(H,30,32,34)/b21-13+. The van der Waals surface area contributed by atoms with Crippen LogP contribution in [-0.4, -0.2) is 32.9 Å². The molecule has 3 aromatic carbocycles. The Morgan fingerprint density at radius 2 is 1.62 bits per heavy atom. The number of carbonyl (C=O) groups excluding carboxylic acids is 3. The van der Waals surface area contributed by atoms with Crippen LogP contribution in [0.2, 0.25) is 0 Å². The number of urea groups is 1. The zero-order valence-electron chi connectivity index (χ0n) is 21.6. The minimum absolute atomic E-state index is 0.0156. The van der Waals surface area contributed by atoms with Gasteiger partial charge in [0.25, 0.3) is 11.8 Å². The summed E-state index contributed by atoms with van der Waals surface area (Å²) in [5.41, 5.74) is 3.01. The van der Waals surface area contributed by atoms with Crippen molar-refractivity contribution >= 4 is 62.3 Å². The van der Waals surface area contributed by atoms with E-state index >= 15 is 0 Å². The second-order valence-corrected chi connectivity index (χ2v) is 11.6. The van der Waals surface area contributed by atoms with Crippen LogP contribution in [-0.2, 0) is 19.7 Å². The molecule has 0 radical (unpaired) electrons. The maximum atomic E-state index is 13.4. The molecule has 1 aliphatic heterocycles. The van der Waals surface area contributed by atoms with Crippen molar-refractivity contribution in [2.45, 2.75) is 32.6 Å². The molecule has 1 N–H and O–H groups in total. The van der Waals surface area contributed by atoms with Gasteiger partial charge >= 0.3 is 16.1 Å². The van der Waals surface area contributed by atoms with E-state index in [4.69, 9.17) is 8.92 Å². The van der Waals surface area contributed by atoms with E-state index in [1.807, 2.05) is 42.5 Å². The van der Waals surface area contributed by atoms with Crippen LogP contribution in [0.3, 0.4) is 0 Å². The lowest BCUT2D eigenvalue weighted by atomic mass is 10.0. The van der Waals surface area contributed by atoms with Gasteiger partial charge in [-0.25, -0.2) is 9.69 Å². The number of hydrogen-bond acceptors (Lipinski definition) is 7. The zero-order chi connectivity index (χ0) is 28.5. The second kappa shape index (κ2) is 11.2. The molecule has 0 atom stereocenters. The van der Waals surface area contributed by atoms with E-state index in [9.17, 15) is 22.8 Å². The van der Waals surface area contributed by atoms with E-state index in [0.29, 0.717) is 20.4 Å². The second-order valence-electron chi connectivity index (χ2n) is 8.86. The van der Waals surface area contributed by atoms with Gasteiger partial charge in [-0.2, -0.15) is 8.42 Å². The number of barbiturate groups is 1. The average Bonchev–Trinajstić information content (AvgIpc) is 2.85. The summed E-state index contributed by atoms with van der Waals surface area (Å²) in [5.74, 6) is -1.54. The molecule has 0 aromatic heterocycles. The molecular weight excluding hydrogens is 635 g/mol. The quantitative estimate of drug-likeness (QED) is 0.163. The molecule has 3 aromatic rings. The molecule has 4 amide bonds. The first-order valence-electron chi connectivity index (χ1n) is 11.9. The van der Waals surface area contributed by atoms with Gasteiger partial charge < -0.3 is 8.92 Å². The van der Waals surface area contributed by atoms with Crippen molar-refractivity contribution < 1.29 is 31.7 Å². The minimum Gasteiger partial charge on any atom is -0.490 e. The first-order chi connectivity index (χ1) is 18.4. The third kappa shape index (κ3) is 5.98. The van der Waals surface area contributed by atoms with Gasteiger partial charge in [-0.1, -0.05) is 35.4 Å². The lowest BCUT2D eigenvalue weighted by molar-refractivity contribution is -0.122. The van der Waals surface area contributed by atoms with Gasteiger partial charge in [-0.05, 0) is 97.8 Å². The highest BCUT2D eigenvalue weighted by molar-refractivity contribution is 14.1. The van der Waals surface area contributed by atoms with Crippen molar-refractivity contribution in [1.82, 2.24) is 5.32 Å². The normalized spacial score (nSPS) is 14.9. The minimum atomic E-state index is -4.16. The smallest absolute Gasteiger partial charge is 0.339 e. The summed E-state index contributed by atoms with van der Waals surface area (Å²) in [6.07, 6.45) is 1.32. The van der Waals surface area contributed by atoms with Crippen LogP contribution in [0.1, 0.15) is 29.2 Å². The number of amides is 4. The summed E-state index contributed by atoms with van der Waals surface area (Å²) in [5, 5.41) is 2.21. The number of rotatable bonds is 7. The Balaban J connectivity index is 1.73. The van der Waals surface area contributed by atoms with Crippen molar-refractivity contribution in [1.29, 1.82) is 0 Å². The van der Waals surface area contributed by atoms with E-state index in [1.165, 1.54) is 24.3 Å². The molecule has 1 heterocycles. The fourth-order valence-electron chi connectivity index (χ4n) is 3.98. The lowest BCUT2D eigenvalue weighted by Crippen LogP contribution is -2.54. The largest absolute Gasteiger partial charge is 0.490 e. The first kappa shape index (κ1) is 28.3. The zero-order valence-corrected chi connectivity index (χ0v) is 24.5. The number of carbonyl (C=O) groups is 3. The van der Waals surface area contributed by atoms with Gasteiger partial charge in [0.05, 0.1) is 15.9 Å². The van der Waals surface area contributed by atoms with E-state index in [2.05, 4.69) is 5.32 Å². The van der Waals surface area contributed by atoms with Crippen LogP contribution < -0.4 is 19.1 Å². The van der Waals surface area contributed by atoms with Crippen LogP contribution in [0.15, 0.2) is 65.1 Å². The number of aryl methyl sites for hydroxylation is 3. The summed E-state index contributed by atoms with van der Waals surface area (Å²) in [7, 11) is -4.16. The van der Waals surface area contributed by atoms with Crippen molar-refractivity contribution in [3.63, 3.8) is 0 Å².